The molecule has 288 valence electrons. The maximum Gasteiger partial charge on any atom is 0.138 e. The second-order valence-corrected chi connectivity index (χ2v) is 16.2. The SMILES string of the molecule is c1ccc(-c2cc(-c3ccncc3)nc(-n3c4ccccc4c4cc(-c5ccc6c(c5)c5ccccc5n6-c5ccc6c7ccccc7c7ccccc7c6c5)ccc43)c2)cc1. The summed E-state index contributed by atoms with van der Waals surface area (Å²) >= 11 is 0. The predicted octanol–water partition coefficient (Wildman–Crippen LogP) is 15.1. The average molecular weight is 789 g/mol. The van der Waals surface area contributed by atoms with Gasteiger partial charge in [0.05, 0.1) is 27.8 Å². The van der Waals surface area contributed by atoms with Gasteiger partial charge in [-0.25, -0.2) is 4.98 Å². The van der Waals surface area contributed by atoms with Crippen molar-refractivity contribution in [2.45, 2.75) is 0 Å². The van der Waals surface area contributed by atoms with E-state index in [1.807, 2.05) is 24.5 Å². The van der Waals surface area contributed by atoms with Gasteiger partial charge in [-0.3, -0.25) is 9.55 Å². The van der Waals surface area contributed by atoms with Crippen LogP contribution in [0.4, 0.5) is 0 Å². The number of hydrogen-bond donors (Lipinski definition) is 0. The minimum absolute atomic E-state index is 0.876. The van der Waals surface area contributed by atoms with Gasteiger partial charge in [0.1, 0.15) is 5.82 Å². The number of fused-ring (bicyclic) bond motifs is 12. The van der Waals surface area contributed by atoms with Gasteiger partial charge in [0.2, 0.25) is 0 Å². The Balaban J connectivity index is 0.979. The molecule has 0 saturated heterocycles. The predicted molar refractivity (Wildman–Crippen MR) is 260 cm³/mol. The van der Waals surface area contributed by atoms with Gasteiger partial charge in [0.15, 0.2) is 0 Å². The molecule has 13 aromatic rings. The normalized spacial score (nSPS) is 11.9. The van der Waals surface area contributed by atoms with Gasteiger partial charge >= 0.3 is 0 Å². The van der Waals surface area contributed by atoms with Crippen LogP contribution >= 0.6 is 0 Å². The lowest BCUT2D eigenvalue weighted by Gasteiger charge is -2.14. The number of hydrogen-bond acceptors (Lipinski definition) is 2. The first-order valence-corrected chi connectivity index (χ1v) is 21.1. The highest BCUT2D eigenvalue weighted by atomic mass is 15.1. The van der Waals surface area contributed by atoms with Crippen molar-refractivity contribution < 1.29 is 0 Å². The third-order valence-corrected chi connectivity index (χ3v) is 12.8. The lowest BCUT2D eigenvalue weighted by Crippen LogP contribution is -2.00. The van der Waals surface area contributed by atoms with Crippen molar-refractivity contribution in [2.75, 3.05) is 0 Å². The van der Waals surface area contributed by atoms with Crippen LogP contribution in [0.5, 0.6) is 0 Å². The molecule has 0 aliphatic rings. The van der Waals surface area contributed by atoms with Gasteiger partial charge in [-0.1, -0.05) is 133 Å². The van der Waals surface area contributed by atoms with E-state index in [0.29, 0.717) is 0 Å². The molecule has 4 heterocycles. The minimum Gasteiger partial charge on any atom is -0.309 e. The van der Waals surface area contributed by atoms with Crippen molar-refractivity contribution in [3.05, 3.63) is 219 Å². The number of aromatic nitrogens is 4. The van der Waals surface area contributed by atoms with Crippen LogP contribution in [0, 0.1) is 0 Å². The molecule has 0 unspecified atom stereocenters. The number of para-hydroxylation sites is 2. The smallest absolute Gasteiger partial charge is 0.138 e. The summed E-state index contributed by atoms with van der Waals surface area (Å²) in [7, 11) is 0. The molecule has 0 N–H and O–H groups in total. The van der Waals surface area contributed by atoms with E-state index in [4.69, 9.17) is 4.98 Å². The van der Waals surface area contributed by atoms with Crippen LogP contribution in [0.3, 0.4) is 0 Å². The number of rotatable bonds is 5. The Morgan fingerprint density at radius 1 is 0.274 bits per heavy atom. The highest BCUT2D eigenvalue weighted by Gasteiger charge is 2.19. The Bertz CT molecular complexity index is 3820. The number of pyridine rings is 2. The Hall–Kier alpha value is -8.34. The summed E-state index contributed by atoms with van der Waals surface area (Å²) in [4.78, 5) is 9.60. The first-order chi connectivity index (χ1) is 30.7. The van der Waals surface area contributed by atoms with E-state index >= 15 is 0 Å². The third-order valence-electron chi connectivity index (χ3n) is 12.8. The second kappa shape index (κ2) is 13.6. The summed E-state index contributed by atoms with van der Waals surface area (Å²) in [6.07, 6.45) is 3.66. The lowest BCUT2D eigenvalue weighted by atomic mass is 9.94. The Morgan fingerprint density at radius 3 is 1.40 bits per heavy atom. The first-order valence-electron chi connectivity index (χ1n) is 21.1. The molecule has 4 nitrogen and oxygen atoms in total. The van der Waals surface area contributed by atoms with Gasteiger partial charge in [0.25, 0.3) is 0 Å². The van der Waals surface area contributed by atoms with Crippen LogP contribution < -0.4 is 0 Å². The maximum atomic E-state index is 5.32. The molecule has 0 fully saturated rings. The lowest BCUT2D eigenvalue weighted by molar-refractivity contribution is 1.08. The largest absolute Gasteiger partial charge is 0.309 e. The molecule has 0 spiro atoms. The zero-order valence-corrected chi connectivity index (χ0v) is 33.6. The van der Waals surface area contributed by atoms with Crippen molar-refractivity contribution in [3.8, 4) is 45.0 Å². The molecular weight excluding hydrogens is 753 g/mol. The fourth-order valence-corrected chi connectivity index (χ4v) is 9.96. The average Bonchev–Trinajstić information content (AvgIpc) is 3.86. The van der Waals surface area contributed by atoms with Crippen LogP contribution in [-0.2, 0) is 0 Å². The fraction of sp³-hybridized carbons (Fsp3) is 0. The molecule has 9 aromatic carbocycles. The summed E-state index contributed by atoms with van der Waals surface area (Å²) in [5.74, 6) is 0.876. The van der Waals surface area contributed by atoms with Crippen LogP contribution in [-0.4, -0.2) is 19.1 Å². The summed E-state index contributed by atoms with van der Waals surface area (Å²) in [6, 6.07) is 74.9. The zero-order chi connectivity index (χ0) is 40.7. The molecule has 0 radical (unpaired) electrons. The molecular formula is C58H36N4. The van der Waals surface area contributed by atoms with Gasteiger partial charge < -0.3 is 4.57 Å². The van der Waals surface area contributed by atoms with E-state index in [-0.39, 0.29) is 0 Å². The molecule has 4 aromatic heterocycles. The van der Waals surface area contributed by atoms with Crippen molar-refractivity contribution in [3.63, 3.8) is 0 Å². The van der Waals surface area contributed by atoms with Crippen molar-refractivity contribution >= 4 is 75.9 Å². The molecule has 4 heteroatoms. The monoisotopic (exact) mass is 788 g/mol. The fourth-order valence-electron chi connectivity index (χ4n) is 9.96. The highest BCUT2D eigenvalue weighted by Crippen LogP contribution is 2.41. The third kappa shape index (κ3) is 5.27. The van der Waals surface area contributed by atoms with E-state index in [2.05, 4.69) is 208 Å². The molecule has 62 heavy (non-hydrogen) atoms. The molecule has 0 bridgehead atoms. The Kier molecular flexibility index (Phi) is 7.57. The molecule has 0 amide bonds. The molecule has 0 aliphatic heterocycles. The van der Waals surface area contributed by atoms with Gasteiger partial charge in [0, 0.05) is 45.2 Å². The Morgan fingerprint density at radius 2 is 0.774 bits per heavy atom. The highest BCUT2D eigenvalue weighted by molar-refractivity contribution is 6.25. The molecule has 0 aliphatic carbocycles. The number of benzene rings is 9. The van der Waals surface area contributed by atoms with Crippen molar-refractivity contribution in [1.29, 1.82) is 0 Å². The quantitative estimate of drug-likeness (QED) is 0.163. The van der Waals surface area contributed by atoms with Gasteiger partial charge in [-0.2, -0.15) is 0 Å². The second-order valence-electron chi connectivity index (χ2n) is 16.2. The number of nitrogens with zero attached hydrogens (tertiary/aromatic N) is 4. The van der Waals surface area contributed by atoms with Crippen LogP contribution in [0.2, 0.25) is 0 Å². The Labute approximate surface area is 357 Å². The van der Waals surface area contributed by atoms with Crippen molar-refractivity contribution in [1.82, 2.24) is 19.1 Å². The van der Waals surface area contributed by atoms with Gasteiger partial charge in [-0.05, 0) is 127 Å². The maximum absolute atomic E-state index is 5.32. The van der Waals surface area contributed by atoms with Gasteiger partial charge in [-0.15, -0.1) is 0 Å². The minimum atomic E-state index is 0.876. The standard InChI is InChI=1S/C58H36N4/c1-2-12-37(13-3-1)41-34-53(38-28-30-59-31-29-38)60-58(35-41)62-55-21-11-9-19-49(55)52-33-40(23-27-57(52)62)39-22-26-56-51(32-39)48-18-8-10-20-54(48)61(56)42-24-25-47-45-16-5-4-14-43(45)44-15-6-7-17-46(44)50(47)36-42/h1-36H. The van der Waals surface area contributed by atoms with E-state index in [0.717, 1.165) is 44.9 Å². The van der Waals surface area contributed by atoms with E-state index < -0.39 is 0 Å². The summed E-state index contributed by atoms with van der Waals surface area (Å²) < 4.78 is 4.75. The van der Waals surface area contributed by atoms with E-state index in [1.54, 1.807) is 0 Å². The van der Waals surface area contributed by atoms with Crippen LogP contribution in [0.25, 0.3) is 121 Å². The summed E-state index contributed by atoms with van der Waals surface area (Å²) in [5, 5.41) is 12.5. The van der Waals surface area contributed by atoms with Crippen LogP contribution in [0.15, 0.2) is 219 Å². The van der Waals surface area contributed by atoms with Crippen LogP contribution in [0.1, 0.15) is 0 Å². The molecule has 13 rings (SSSR count). The van der Waals surface area contributed by atoms with Crippen molar-refractivity contribution in [2.24, 2.45) is 0 Å². The summed E-state index contributed by atoms with van der Waals surface area (Å²) in [6.45, 7) is 0. The summed E-state index contributed by atoms with van der Waals surface area (Å²) in [5.41, 5.74) is 12.3. The first kappa shape index (κ1) is 34.5. The molecule has 0 atom stereocenters. The van der Waals surface area contributed by atoms with E-state index in [1.165, 1.54) is 76.0 Å². The van der Waals surface area contributed by atoms with E-state index in [9.17, 15) is 0 Å². The zero-order valence-electron chi connectivity index (χ0n) is 33.6. The topological polar surface area (TPSA) is 35.6 Å². The molecule has 0 saturated carbocycles.